The van der Waals surface area contributed by atoms with E-state index in [9.17, 15) is 14.4 Å². The first-order chi connectivity index (χ1) is 8.29. The second-order valence-electron chi connectivity index (χ2n) is 3.53. The normalized spacial score (nSPS) is 11.8. The minimum atomic E-state index is -0.831. The van der Waals surface area contributed by atoms with E-state index in [2.05, 4.69) is 16.9 Å². The number of carbonyl (C=O) groups is 3. The van der Waals surface area contributed by atoms with Crippen LogP contribution in [0, 0.1) is 0 Å². The number of rotatable bonds is 3. The standard InChI is InChI=1S/C11H17N3O4/c1-6-12-11(17)14(8(4)13-9(5)15)18-10(16)7(2)3/h6,8H,2H2,1,3-5H3,(H,13,15). The Bertz CT molecular complexity index is 390. The largest absolute Gasteiger partial charge is 0.378 e. The molecule has 18 heavy (non-hydrogen) atoms. The molecule has 0 saturated carbocycles. The first kappa shape index (κ1) is 15.8. The van der Waals surface area contributed by atoms with Gasteiger partial charge in [0, 0.05) is 18.7 Å². The van der Waals surface area contributed by atoms with Gasteiger partial charge in [0.2, 0.25) is 5.91 Å². The van der Waals surface area contributed by atoms with Gasteiger partial charge < -0.3 is 10.2 Å². The number of nitrogens with one attached hydrogen (secondary N) is 1. The van der Waals surface area contributed by atoms with Gasteiger partial charge in [-0.15, -0.1) is 5.06 Å². The highest BCUT2D eigenvalue weighted by molar-refractivity contribution is 5.89. The van der Waals surface area contributed by atoms with E-state index in [-0.39, 0.29) is 11.5 Å². The maximum absolute atomic E-state index is 11.6. The van der Waals surface area contributed by atoms with Crippen LogP contribution in [0.4, 0.5) is 4.79 Å². The first-order valence-corrected chi connectivity index (χ1v) is 5.26. The lowest BCUT2D eigenvalue weighted by molar-refractivity contribution is -0.180. The zero-order chi connectivity index (χ0) is 14.3. The Kier molecular flexibility index (Phi) is 6.33. The third kappa shape index (κ3) is 5.24. The molecule has 0 radical (unpaired) electrons. The van der Waals surface area contributed by atoms with Crippen LogP contribution < -0.4 is 5.32 Å². The quantitative estimate of drug-likeness (QED) is 0.353. The maximum Gasteiger partial charge on any atom is 0.378 e. The molecule has 0 heterocycles. The van der Waals surface area contributed by atoms with Gasteiger partial charge in [0.15, 0.2) is 0 Å². The van der Waals surface area contributed by atoms with Gasteiger partial charge in [-0.2, -0.15) is 0 Å². The number of aliphatic imine (C=N–C) groups is 1. The molecule has 0 bridgehead atoms. The number of carbonyl (C=O) groups excluding carboxylic acids is 3. The van der Waals surface area contributed by atoms with Crippen molar-refractivity contribution in [3.63, 3.8) is 0 Å². The molecule has 7 nitrogen and oxygen atoms in total. The van der Waals surface area contributed by atoms with E-state index in [0.717, 1.165) is 0 Å². The van der Waals surface area contributed by atoms with Gasteiger partial charge >= 0.3 is 12.0 Å². The molecule has 3 amide bonds. The van der Waals surface area contributed by atoms with E-state index in [0.29, 0.717) is 5.06 Å². The van der Waals surface area contributed by atoms with E-state index in [1.165, 1.54) is 27.0 Å². The minimum absolute atomic E-state index is 0.128. The average Bonchev–Trinajstić information content (AvgIpc) is 2.24. The predicted molar refractivity (Wildman–Crippen MR) is 65.6 cm³/mol. The first-order valence-electron chi connectivity index (χ1n) is 5.26. The van der Waals surface area contributed by atoms with E-state index in [1.54, 1.807) is 6.92 Å². The van der Waals surface area contributed by atoms with Gasteiger partial charge in [-0.05, 0) is 20.8 Å². The molecule has 0 saturated heterocycles. The number of hydroxylamine groups is 2. The maximum atomic E-state index is 11.6. The minimum Gasteiger partial charge on any atom is -0.333 e. The molecule has 0 aliphatic carbocycles. The number of hydrogen-bond donors (Lipinski definition) is 1. The summed E-state index contributed by atoms with van der Waals surface area (Å²) < 4.78 is 0. The van der Waals surface area contributed by atoms with Gasteiger partial charge in [-0.1, -0.05) is 6.58 Å². The Labute approximate surface area is 105 Å². The second kappa shape index (κ2) is 7.21. The molecule has 1 N–H and O–H groups in total. The van der Waals surface area contributed by atoms with E-state index in [4.69, 9.17) is 4.84 Å². The monoisotopic (exact) mass is 255 g/mol. The fourth-order valence-corrected chi connectivity index (χ4v) is 0.971. The molecule has 0 spiro atoms. The molecule has 0 aromatic rings. The zero-order valence-electron chi connectivity index (χ0n) is 10.9. The number of urea groups is 1. The molecule has 0 rings (SSSR count). The van der Waals surface area contributed by atoms with E-state index < -0.39 is 18.2 Å². The molecule has 0 aromatic carbocycles. The third-order valence-electron chi connectivity index (χ3n) is 1.72. The summed E-state index contributed by atoms with van der Waals surface area (Å²) in [5.74, 6) is -1.14. The molecule has 1 unspecified atom stereocenters. The van der Waals surface area contributed by atoms with Crippen LogP contribution in [0.3, 0.4) is 0 Å². The van der Waals surface area contributed by atoms with Crippen LogP contribution >= 0.6 is 0 Å². The Morgan fingerprint density at radius 2 is 1.94 bits per heavy atom. The van der Waals surface area contributed by atoms with Crippen molar-refractivity contribution >= 4 is 24.1 Å². The number of amides is 3. The predicted octanol–water partition coefficient (Wildman–Crippen LogP) is 1.02. The van der Waals surface area contributed by atoms with Crippen LogP contribution in [0.15, 0.2) is 17.1 Å². The lowest BCUT2D eigenvalue weighted by atomic mass is 10.4. The van der Waals surface area contributed by atoms with Gasteiger partial charge in [0.25, 0.3) is 0 Å². The molecule has 0 fully saturated rings. The summed E-state index contributed by atoms with van der Waals surface area (Å²) in [5, 5.41) is 3.09. The Morgan fingerprint density at radius 3 is 2.33 bits per heavy atom. The molecule has 7 heteroatoms. The highest BCUT2D eigenvalue weighted by atomic mass is 16.7. The van der Waals surface area contributed by atoms with Crippen LogP contribution in [0.5, 0.6) is 0 Å². The summed E-state index contributed by atoms with van der Waals surface area (Å²) in [7, 11) is 0. The average molecular weight is 255 g/mol. The summed E-state index contributed by atoms with van der Waals surface area (Å²) in [4.78, 5) is 42.2. The van der Waals surface area contributed by atoms with Crippen molar-refractivity contribution in [2.45, 2.75) is 33.9 Å². The topological polar surface area (TPSA) is 88.1 Å². The molecule has 0 aliphatic heterocycles. The highest BCUT2D eigenvalue weighted by Crippen LogP contribution is 2.04. The SMILES string of the molecule is C=C(C)C(=O)ON(C(=O)N=CC)C(C)NC(C)=O. The number of nitrogens with zero attached hydrogens (tertiary/aromatic N) is 2. The summed E-state index contributed by atoms with van der Waals surface area (Å²) in [6.07, 6.45) is 0.423. The van der Waals surface area contributed by atoms with Gasteiger partial charge in [-0.25, -0.2) is 14.6 Å². The lowest BCUT2D eigenvalue weighted by Gasteiger charge is -2.25. The van der Waals surface area contributed by atoms with E-state index in [1.807, 2.05) is 0 Å². The molecule has 0 aromatic heterocycles. The lowest BCUT2D eigenvalue weighted by Crippen LogP contribution is -2.48. The Balaban J connectivity index is 4.92. The van der Waals surface area contributed by atoms with Crippen molar-refractivity contribution in [2.75, 3.05) is 0 Å². The van der Waals surface area contributed by atoms with Crippen LogP contribution in [-0.2, 0) is 14.4 Å². The number of hydrogen-bond acceptors (Lipinski definition) is 4. The van der Waals surface area contributed by atoms with Crippen LogP contribution in [0.2, 0.25) is 0 Å². The zero-order valence-corrected chi connectivity index (χ0v) is 10.9. The molecule has 100 valence electrons. The van der Waals surface area contributed by atoms with Crippen molar-refractivity contribution < 1.29 is 19.2 Å². The van der Waals surface area contributed by atoms with Gasteiger partial charge in [0.1, 0.15) is 6.17 Å². The van der Waals surface area contributed by atoms with Gasteiger partial charge in [-0.3, -0.25) is 4.79 Å². The third-order valence-corrected chi connectivity index (χ3v) is 1.72. The van der Waals surface area contributed by atoms with Crippen molar-refractivity contribution in [3.8, 4) is 0 Å². The van der Waals surface area contributed by atoms with Crippen LogP contribution in [-0.4, -0.2) is 35.4 Å². The fraction of sp³-hybridized carbons (Fsp3) is 0.455. The fourth-order valence-electron chi connectivity index (χ4n) is 0.971. The van der Waals surface area contributed by atoms with Crippen LogP contribution in [0.1, 0.15) is 27.7 Å². The Morgan fingerprint density at radius 1 is 1.39 bits per heavy atom. The van der Waals surface area contributed by atoms with E-state index >= 15 is 0 Å². The molecular weight excluding hydrogens is 238 g/mol. The van der Waals surface area contributed by atoms with Gasteiger partial charge in [0.05, 0.1) is 0 Å². The van der Waals surface area contributed by atoms with Crippen molar-refractivity contribution in [2.24, 2.45) is 4.99 Å². The molecule has 1 atom stereocenters. The van der Waals surface area contributed by atoms with Crippen molar-refractivity contribution in [1.82, 2.24) is 10.4 Å². The smallest absolute Gasteiger partial charge is 0.333 e. The van der Waals surface area contributed by atoms with Crippen molar-refractivity contribution in [1.29, 1.82) is 0 Å². The molecular formula is C11H17N3O4. The van der Waals surface area contributed by atoms with Crippen molar-refractivity contribution in [3.05, 3.63) is 12.2 Å². The summed E-state index contributed by atoms with van der Waals surface area (Å²) >= 11 is 0. The summed E-state index contributed by atoms with van der Waals surface area (Å²) in [6, 6.07) is -0.798. The molecule has 0 aliphatic rings. The van der Waals surface area contributed by atoms with Crippen LogP contribution in [0.25, 0.3) is 0 Å². The summed E-state index contributed by atoms with van der Waals surface area (Å²) in [5.41, 5.74) is 0.128. The second-order valence-corrected chi connectivity index (χ2v) is 3.53. The Hall–Kier alpha value is -2.18. The highest BCUT2D eigenvalue weighted by Gasteiger charge is 2.25. The summed E-state index contributed by atoms with van der Waals surface area (Å²) in [6.45, 7) is 9.14.